The van der Waals surface area contributed by atoms with E-state index in [1.807, 2.05) is 13.8 Å². The highest BCUT2D eigenvalue weighted by atomic mass is 16.1. The van der Waals surface area contributed by atoms with E-state index in [2.05, 4.69) is 15.3 Å². The van der Waals surface area contributed by atoms with Crippen LogP contribution in [0.1, 0.15) is 19.4 Å². The molecule has 1 heterocycles. The van der Waals surface area contributed by atoms with Gasteiger partial charge in [-0.25, -0.2) is 4.98 Å². The molecule has 1 rings (SSSR count). The van der Waals surface area contributed by atoms with Crippen LogP contribution in [0.2, 0.25) is 0 Å². The van der Waals surface area contributed by atoms with E-state index in [9.17, 15) is 4.79 Å². The minimum Gasteiger partial charge on any atom is -0.354 e. The fraction of sp³-hybridized carbons (Fsp3) is 0.500. The van der Waals surface area contributed by atoms with Crippen LogP contribution in [0.3, 0.4) is 0 Å². The molecule has 0 aromatic carbocycles. The van der Waals surface area contributed by atoms with Gasteiger partial charge in [-0.15, -0.1) is 0 Å². The van der Waals surface area contributed by atoms with Crippen molar-refractivity contribution in [2.45, 2.75) is 26.8 Å². The molecule has 0 radical (unpaired) electrons. The molecule has 0 saturated carbocycles. The molecule has 4 nitrogen and oxygen atoms in total. The van der Waals surface area contributed by atoms with Crippen molar-refractivity contribution < 1.29 is 0 Å². The van der Waals surface area contributed by atoms with E-state index in [0.717, 1.165) is 0 Å². The van der Waals surface area contributed by atoms with Crippen molar-refractivity contribution in [2.75, 3.05) is 5.32 Å². The monoisotopic (exact) mass is 167 g/mol. The number of aromatic nitrogens is 2. The zero-order valence-corrected chi connectivity index (χ0v) is 7.51. The molecule has 66 valence electrons. The summed E-state index contributed by atoms with van der Waals surface area (Å²) in [7, 11) is 0. The SMILES string of the molecule is Cc1cnc(NC(C)C)[nH]c1=O. The van der Waals surface area contributed by atoms with E-state index in [4.69, 9.17) is 0 Å². The van der Waals surface area contributed by atoms with Gasteiger partial charge in [0.05, 0.1) is 0 Å². The molecular formula is C8H13N3O. The first-order valence-electron chi connectivity index (χ1n) is 3.92. The summed E-state index contributed by atoms with van der Waals surface area (Å²) in [5, 5.41) is 3.01. The van der Waals surface area contributed by atoms with Gasteiger partial charge in [0.25, 0.3) is 5.56 Å². The van der Waals surface area contributed by atoms with E-state index in [-0.39, 0.29) is 11.6 Å². The van der Waals surface area contributed by atoms with Crippen molar-refractivity contribution >= 4 is 5.95 Å². The van der Waals surface area contributed by atoms with Gasteiger partial charge in [-0.3, -0.25) is 9.78 Å². The highest BCUT2D eigenvalue weighted by Crippen LogP contribution is 1.95. The van der Waals surface area contributed by atoms with E-state index in [1.165, 1.54) is 0 Å². The molecule has 2 N–H and O–H groups in total. The lowest BCUT2D eigenvalue weighted by molar-refractivity contribution is 0.868. The number of rotatable bonds is 2. The Labute approximate surface area is 71.0 Å². The molecule has 0 bridgehead atoms. The first-order valence-corrected chi connectivity index (χ1v) is 3.92. The van der Waals surface area contributed by atoms with Crippen LogP contribution in [0.4, 0.5) is 5.95 Å². The standard InChI is InChI=1S/C8H13N3O/c1-5(2)10-8-9-4-6(3)7(12)11-8/h4-5H,1-3H3,(H2,9,10,11,12). The smallest absolute Gasteiger partial charge is 0.255 e. The normalized spacial score (nSPS) is 10.3. The quantitative estimate of drug-likeness (QED) is 0.688. The Hall–Kier alpha value is -1.32. The highest BCUT2D eigenvalue weighted by molar-refractivity contribution is 5.25. The summed E-state index contributed by atoms with van der Waals surface area (Å²) in [6.45, 7) is 5.70. The van der Waals surface area contributed by atoms with Crippen LogP contribution in [-0.2, 0) is 0 Å². The minimum absolute atomic E-state index is 0.0897. The van der Waals surface area contributed by atoms with Crippen molar-refractivity contribution in [3.63, 3.8) is 0 Å². The molecule has 0 aliphatic rings. The maximum absolute atomic E-state index is 11.1. The first kappa shape index (κ1) is 8.77. The number of aryl methyl sites for hydroxylation is 1. The van der Waals surface area contributed by atoms with Crippen molar-refractivity contribution in [1.29, 1.82) is 0 Å². The van der Waals surface area contributed by atoms with Gasteiger partial charge in [0, 0.05) is 17.8 Å². The largest absolute Gasteiger partial charge is 0.354 e. The lowest BCUT2D eigenvalue weighted by atomic mass is 10.4. The van der Waals surface area contributed by atoms with Crippen molar-refractivity contribution in [3.8, 4) is 0 Å². The van der Waals surface area contributed by atoms with Crippen LogP contribution >= 0.6 is 0 Å². The Kier molecular flexibility index (Phi) is 2.47. The van der Waals surface area contributed by atoms with Gasteiger partial charge < -0.3 is 5.32 Å². The van der Waals surface area contributed by atoms with E-state index >= 15 is 0 Å². The predicted octanol–water partition coefficient (Wildman–Crippen LogP) is 0.899. The molecule has 0 saturated heterocycles. The molecular weight excluding hydrogens is 154 g/mol. The molecule has 0 atom stereocenters. The number of H-pyrrole nitrogens is 1. The predicted molar refractivity (Wildman–Crippen MR) is 48.4 cm³/mol. The number of aromatic amines is 1. The molecule has 0 fully saturated rings. The van der Waals surface area contributed by atoms with Gasteiger partial charge in [0.1, 0.15) is 0 Å². The zero-order valence-electron chi connectivity index (χ0n) is 7.51. The molecule has 1 aromatic heterocycles. The summed E-state index contributed by atoms with van der Waals surface area (Å²) in [6, 6.07) is 0.274. The van der Waals surface area contributed by atoms with Crippen molar-refractivity contribution in [1.82, 2.24) is 9.97 Å². The summed E-state index contributed by atoms with van der Waals surface area (Å²) in [5.74, 6) is 0.528. The van der Waals surface area contributed by atoms with Crippen LogP contribution in [0, 0.1) is 6.92 Å². The van der Waals surface area contributed by atoms with E-state index in [1.54, 1.807) is 13.1 Å². The first-order chi connectivity index (χ1) is 5.59. The Balaban J connectivity index is 2.90. The Morgan fingerprint density at radius 1 is 1.58 bits per heavy atom. The van der Waals surface area contributed by atoms with Gasteiger partial charge in [-0.2, -0.15) is 0 Å². The number of nitrogens with zero attached hydrogens (tertiary/aromatic N) is 1. The van der Waals surface area contributed by atoms with Crippen LogP contribution < -0.4 is 10.9 Å². The second-order valence-corrected chi connectivity index (χ2v) is 3.04. The Morgan fingerprint density at radius 3 is 2.75 bits per heavy atom. The molecule has 0 amide bonds. The average Bonchev–Trinajstić information content (AvgIpc) is 1.96. The minimum atomic E-state index is -0.0897. The number of hydrogen-bond acceptors (Lipinski definition) is 3. The third kappa shape index (κ3) is 2.08. The van der Waals surface area contributed by atoms with Crippen LogP contribution in [-0.4, -0.2) is 16.0 Å². The topological polar surface area (TPSA) is 57.8 Å². The molecule has 0 aliphatic heterocycles. The zero-order chi connectivity index (χ0) is 9.14. The van der Waals surface area contributed by atoms with Gasteiger partial charge in [-0.05, 0) is 20.8 Å². The third-order valence-electron chi connectivity index (χ3n) is 1.40. The second kappa shape index (κ2) is 3.38. The number of nitrogens with one attached hydrogen (secondary N) is 2. The summed E-state index contributed by atoms with van der Waals surface area (Å²) in [6.07, 6.45) is 1.56. The molecule has 12 heavy (non-hydrogen) atoms. The van der Waals surface area contributed by atoms with Crippen LogP contribution in [0.15, 0.2) is 11.0 Å². The Morgan fingerprint density at radius 2 is 2.25 bits per heavy atom. The lowest BCUT2D eigenvalue weighted by Crippen LogP contribution is -2.18. The van der Waals surface area contributed by atoms with Crippen molar-refractivity contribution in [2.24, 2.45) is 0 Å². The molecule has 0 aliphatic carbocycles. The average molecular weight is 167 g/mol. The van der Waals surface area contributed by atoms with Crippen LogP contribution in [0.25, 0.3) is 0 Å². The summed E-state index contributed by atoms with van der Waals surface area (Å²) < 4.78 is 0. The van der Waals surface area contributed by atoms with Gasteiger partial charge in [-0.1, -0.05) is 0 Å². The fourth-order valence-corrected chi connectivity index (χ4v) is 0.805. The van der Waals surface area contributed by atoms with Gasteiger partial charge in [0.15, 0.2) is 0 Å². The third-order valence-corrected chi connectivity index (χ3v) is 1.40. The maximum Gasteiger partial charge on any atom is 0.255 e. The molecule has 1 aromatic rings. The lowest BCUT2D eigenvalue weighted by Gasteiger charge is -2.07. The number of anilines is 1. The summed E-state index contributed by atoms with van der Waals surface area (Å²) in [5.41, 5.74) is 0.539. The highest BCUT2D eigenvalue weighted by Gasteiger charge is 1.98. The van der Waals surface area contributed by atoms with E-state index < -0.39 is 0 Å². The van der Waals surface area contributed by atoms with Crippen molar-refractivity contribution in [3.05, 3.63) is 22.1 Å². The fourth-order valence-electron chi connectivity index (χ4n) is 0.805. The van der Waals surface area contributed by atoms with Gasteiger partial charge in [0.2, 0.25) is 5.95 Å². The van der Waals surface area contributed by atoms with Crippen LogP contribution in [0.5, 0.6) is 0 Å². The summed E-state index contributed by atoms with van der Waals surface area (Å²) >= 11 is 0. The maximum atomic E-state index is 11.1. The molecule has 4 heteroatoms. The van der Waals surface area contributed by atoms with Gasteiger partial charge >= 0.3 is 0 Å². The Bertz CT molecular complexity index is 316. The summed E-state index contributed by atoms with van der Waals surface area (Å²) in [4.78, 5) is 17.7. The molecule has 0 spiro atoms. The molecule has 0 unspecified atom stereocenters. The number of hydrogen-bond donors (Lipinski definition) is 2. The van der Waals surface area contributed by atoms with E-state index in [0.29, 0.717) is 11.5 Å². The second-order valence-electron chi connectivity index (χ2n) is 3.04.